The van der Waals surface area contributed by atoms with Crippen molar-refractivity contribution in [1.82, 2.24) is 15.5 Å². The van der Waals surface area contributed by atoms with Crippen molar-refractivity contribution < 1.29 is 8.91 Å². The molecule has 1 aromatic carbocycles. The Morgan fingerprint density at radius 3 is 2.85 bits per heavy atom. The maximum atomic E-state index is 12.8. The van der Waals surface area contributed by atoms with Crippen LogP contribution in [0.15, 0.2) is 33.7 Å². The van der Waals surface area contributed by atoms with E-state index in [1.165, 1.54) is 25.0 Å². The molecule has 6 heteroatoms. The molecule has 0 amide bonds. The highest BCUT2D eigenvalue weighted by molar-refractivity contribution is 7.98. The van der Waals surface area contributed by atoms with Gasteiger partial charge in [-0.3, -0.25) is 0 Å². The number of thioether (sulfide) groups is 1. The summed E-state index contributed by atoms with van der Waals surface area (Å²) >= 11 is 1.56. The molecular weight excluding hydrogens is 277 g/mol. The third-order valence-electron chi connectivity index (χ3n) is 3.10. The van der Waals surface area contributed by atoms with E-state index >= 15 is 0 Å². The van der Waals surface area contributed by atoms with E-state index in [1.807, 2.05) is 0 Å². The summed E-state index contributed by atoms with van der Waals surface area (Å²) in [5.74, 6) is 2.53. The molecule has 1 aliphatic carbocycles. The van der Waals surface area contributed by atoms with E-state index in [4.69, 9.17) is 4.52 Å². The lowest BCUT2D eigenvalue weighted by Crippen LogP contribution is -2.16. The summed E-state index contributed by atoms with van der Waals surface area (Å²) in [6.45, 7) is 1.66. The van der Waals surface area contributed by atoms with Crippen LogP contribution in [-0.2, 0) is 12.3 Å². The minimum atomic E-state index is -0.224. The summed E-state index contributed by atoms with van der Waals surface area (Å²) in [5, 5.41) is 7.25. The Balaban J connectivity index is 1.45. The Bertz CT molecular complexity index is 554. The molecule has 0 atom stereocenters. The summed E-state index contributed by atoms with van der Waals surface area (Å²) in [5.41, 5.74) is 0. The molecule has 1 N–H and O–H groups in total. The summed E-state index contributed by atoms with van der Waals surface area (Å²) in [6, 6.07) is 6.40. The highest BCUT2D eigenvalue weighted by Crippen LogP contribution is 2.27. The van der Waals surface area contributed by atoms with Gasteiger partial charge in [0.25, 0.3) is 0 Å². The fourth-order valence-corrected chi connectivity index (χ4v) is 2.55. The molecule has 4 nitrogen and oxygen atoms in total. The zero-order chi connectivity index (χ0) is 13.8. The number of hydrogen-bond acceptors (Lipinski definition) is 5. The lowest BCUT2D eigenvalue weighted by molar-refractivity contribution is 0.363. The topological polar surface area (TPSA) is 51.0 Å². The van der Waals surface area contributed by atoms with Crippen molar-refractivity contribution in [3.05, 3.63) is 41.8 Å². The van der Waals surface area contributed by atoms with Crippen LogP contribution in [0.1, 0.15) is 24.6 Å². The molecule has 0 saturated heterocycles. The first-order valence-electron chi connectivity index (χ1n) is 6.70. The predicted octanol–water partition coefficient (Wildman–Crippen LogP) is 3.00. The van der Waals surface area contributed by atoms with E-state index in [1.54, 1.807) is 23.9 Å². The smallest absolute Gasteiger partial charge is 0.240 e. The molecule has 0 spiro atoms. The van der Waals surface area contributed by atoms with Crippen molar-refractivity contribution in [1.29, 1.82) is 0 Å². The molecule has 1 fully saturated rings. The number of nitrogens with one attached hydrogen (secondary N) is 1. The molecule has 1 aromatic heterocycles. The second kappa shape index (κ2) is 6.37. The van der Waals surface area contributed by atoms with Crippen molar-refractivity contribution in [3.8, 4) is 0 Å². The van der Waals surface area contributed by atoms with Gasteiger partial charge in [-0.25, -0.2) is 4.39 Å². The van der Waals surface area contributed by atoms with Gasteiger partial charge in [0, 0.05) is 4.90 Å². The summed E-state index contributed by atoms with van der Waals surface area (Å²) in [7, 11) is 0. The molecule has 106 valence electrons. The van der Waals surface area contributed by atoms with Crippen molar-refractivity contribution in [2.45, 2.75) is 30.0 Å². The Labute approximate surface area is 121 Å². The largest absolute Gasteiger partial charge is 0.338 e. The van der Waals surface area contributed by atoms with Crippen LogP contribution in [0.25, 0.3) is 0 Å². The van der Waals surface area contributed by atoms with Crippen molar-refractivity contribution in [2.24, 2.45) is 5.92 Å². The molecule has 3 rings (SSSR count). The van der Waals surface area contributed by atoms with Crippen LogP contribution >= 0.6 is 11.8 Å². The Morgan fingerprint density at radius 2 is 2.10 bits per heavy atom. The average Bonchev–Trinajstić information content (AvgIpc) is 3.16. The molecule has 20 heavy (non-hydrogen) atoms. The van der Waals surface area contributed by atoms with Crippen LogP contribution in [0.4, 0.5) is 4.39 Å². The minimum absolute atomic E-state index is 0.224. The Kier molecular flexibility index (Phi) is 4.32. The van der Waals surface area contributed by atoms with Gasteiger partial charge < -0.3 is 9.84 Å². The Morgan fingerprint density at radius 1 is 1.30 bits per heavy atom. The SMILES string of the molecule is Fc1ccc(SCc2noc(CNCC3CC3)n2)cc1. The van der Waals surface area contributed by atoms with E-state index < -0.39 is 0 Å². The van der Waals surface area contributed by atoms with Crippen LogP contribution in [0, 0.1) is 11.7 Å². The average molecular weight is 293 g/mol. The number of benzene rings is 1. The monoisotopic (exact) mass is 293 g/mol. The second-order valence-corrected chi connectivity index (χ2v) is 5.97. The Hall–Kier alpha value is -1.40. The molecule has 1 saturated carbocycles. The van der Waals surface area contributed by atoms with Crippen LogP contribution in [0.2, 0.25) is 0 Å². The number of nitrogens with zero attached hydrogens (tertiary/aromatic N) is 2. The van der Waals surface area contributed by atoms with Gasteiger partial charge in [-0.05, 0) is 49.6 Å². The third-order valence-corrected chi connectivity index (χ3v) is 4.11. The van der Waals surface area contributed by atoms with E-state index in [2.05, 4.69) is 15.5 Å². The van der Waals surface area contributed by atoms with Crippen molar-refractivity contribution >= 4 is 11.8 Å². The standard InChI is InChI=1S/C14H16FN3OS/c15-11-3-5-12(6-4-11)20-9-13-17-14(19-18-13)8-16-7-10-1-2-10/h3-6,10,16H,1-2,7-9H2. The highest BCUT2D eigenvalue weighted by atomic mass is 32.2. The van der Waals surface area contributed by atoms with Gasteiger partial charge in [-0.2, -0.15) is 4.98 Å². The predicted molar refractivity (Wildman–Crippen MR) is 74.7 cm³/mol. The first-order chi connectivity index (χ1) is 9.79. The summed E-state index contributed by atoms with van der Waals surface area (Å²) in [4.78, 5) is 5.32. The van der Waals surface area contributed by atoms with Gasteiger partial charge in [0.05, 0.1) is 12.3 Å². The van der Waals surface area contributed by atoms with Crippen LogP contribution < -0.4 is 5.32 Å². The molecule has 1 heterocycles. The van der Waals surface area contributed by atoms with E-state index in [0.29, 0.717) is 24.0 Å². The highest BCUT2D eigenvalue weighted by Gasteiger charge is 2.20. The van der Waals surface area contributed by atoms with Gasteiger partial charge in [-0.15, -0.1) is 11.8 Å². The van der Waals surface area contributed by atoms with Gasteiger partial charge in [0.2, 0.25) is 5.89 Å². The lowest BCUT2D eigenvalue weighted by Gasteiger charge is -1.98. The molecule has 1 aliphatic rings. The first kappa shape index (κ1) is 13.6. The number of halogens is 1. The van der Waals surface area contributed by atoms with Gasteiger partial charge in [0.1, 0.15) is 5.82 Å². The van der Waals surface area contributed by atoms with Gasteiger partial charge in [0.15, 0.2) is 5.82 Å². The number of rotatable bonds is 7. The van der Waals surface area contributed by atoms with Gasteiger partial charge in [-0.1, -0.05) is 5.16 Å². The molecule has 0 unspecified atom stereocenters. The second-order valence-electron chi connectivity index (χ2n) is 4.92. The molecule has 2 aromatic rings. The quantitative estimate of drug-likeness (QED) is 0.795. The van der Waals surface area contributed by atoms with Crippen LogP contribution in [0.5, 0.6) is 0 Å². The van der Waals surface area contributed by atoms with E-state index in [9.17, 15) is 4.39 Å². The molecule has 0 bridgehead atoms. The molecule has 0 radical (unpaired) electrons. The van der Waals surface area contributed by atoms with Crippen molar-refractivity contribution in [2.75, 3.05) is 6.54 Å². The minimum Gasteiger partial charge on any atom is -0.338 e. The molecule has 0 aliphatic heterocycles. The normalized spacial score (nSPS) is 14.7. The third kappa shape index (κ3) is 4.05. The molecular formula is C14H16FN3OS. The maximum absolute atomic E-state index is 12.8. The van der Waals surface area contributed by atoms with E-state index in [0.717, 1.165) is 17.4 Å². The zero-order valence-electron chi connectivity index (χ0n) is 11.0. The van der Waals surface area contributed by atoms with E-state index in [-0.39, 0.29) is 5.82 Å². The number of aromatic nitrogens is 2. The first-order valence-corrected chi connectivity index (χ1v) is 7.69. The maximum Gasteiger partial charge on any atom is 0.240 e. The lowest BCUT2D eigenvalue weighted by atomic mass is 10.4. The zero-order valence-corrected chi connectivity index (χ0v) is 11.8. The summed E-state index contributed by atoms with van der Waals surface area (Å²) < 4.78 is 18.0. The van der Waals surface area contributed by atoms with Crippen molar-refractivity contribution in [3.63, 3.8) is 0 Å². The van der Waals surface area contributed by atoms with Crippen LogP contribution in [0.3, 0.4) is 0 Å². The van der Waals surface area contributed by atoms with Gasteiger partial charge >= 0.3 is 0 Å². The fraction of sp³-hybridized carbons (Fsp3) is 0.429. The number of hydrogen-bond donors (Lipinski definition) is 1. The van der Waals surface area contributed by atoms with Crippen LogP contribution in [-0.4, -0.2) is 16.7 Å². The summed E-state index contributed by atoms with van der Waals surface area (Å²) in [6.07, 6.45) is 2.66. The fourth-order valence-electron chi connectivity index (χ4n) is 1.80.